The Kier molecular flexibility index (Phi) is 3.89. The Hall–Kier alpha value is -0.177. The quantitative estimate of drug-likeness (QED) is 0.519. The minimum absolute atomic E-state index is 0. The minimum Gasteiger partial charge on any atom is -0.136 e. The summed E-state index contributed by atoms with van der Waals surface area (Å²) in [5, 5.41) is 13.1. The second-order valence-corrected chi connectivity index (χ2v) is 0.708. The molecule has 0 amide bonds. The molecule has 0 saturated carbocycles. The van der Waals surface area contributed by atoms with Crippen LogP contribution < -0.4 is 0 Å². The summed E-state index contributed by atoms with van der Waals surface area (Å²) in [6.07, 6.45) is 2.93. The smallest absolute Gasteiger partial charge is 0.0716 e. The van der Waals surface area contributed by atoms with Gasteiger partial charge in [-0.2, -0.15) is 0 Å². The van der Waals surface area contributed by atoms with E-state index in [1.807, 2.05) is 0 Å². The first-order valence-electron chi connectivity index (χ1n) is 1.45. The molecular formula is C2H2N4Zr. The van der Waals surface area contributed by atoms with E-state index in [2.05, 4.69) is 20.6 Å². The molecule has 0 spiro atoms. The molecule has 0 aliphatic carbocycles. The van der Waals surface area contributed by atoms with Gasteiger partial charge in [-0.15, -0.1) is 10.2 Å². The zero-order chi connectivity index (χ0) is 4.24. The third-order valence-electron chi connectivity index (χ3n) is 0.343. The standard InChI is InChI=1S/C2H2N4.Zr/c1-2-4-6-5-3-1;/h1-2H;. The minimum atomic E-state index is 0. The van der Waals surface area contributed by atoms with Crippen molar-refractivity contribution in [1.29, 1.82) is 0 Å². The van der Waals surface area contributed by atoms with Gasteiger partial charge >= 0.3 is 0 Å². The van der Waals surface area contributed by atoms with Gasteiger partial charge < -0.3 is 0 Å². The molecule has 5 heteroatoms. The maximum absolute atomic E-state index is 3.36. The first-order chi connectivity index (χ1) is 3.00. The van der Waals surface area contributed by atoms with Crippen molar-refractivity contribution < 1.29 is 26.2 Å². The maximum atomic E-state index is 3.36. The van der Waals surface area contributed by atoms with Crippen LogP contribution >= 0.6 is 0 Å². The zero-order valence-electron chi connectivity index (χ0n) is 3.44. The fourth-order valence-electron chi connectivity index (χ4n) is 0.165. The molecule has 0 radical (unpaired) electrons. The van der Waals surface area contributed by atoms with E-state index >= 15 is 0 Å². The summed E-state index contributed by atoms with van der Waals surface area (Å²) in [6.45, 7) is 0. The van der Waals surface area contributed by atoms with E-state index < -0.39 is 0 Å². The topological polar surface area (TPSA) is 51.6 Å². The molecular weight excluding hydrogens is 171 g/mol. The predicted molar refractivity (Wildman–Crippen MR) is 17.6 cm³/mol. The van der Waals surface area contributed by atoms with Gasteiger partial charge in [0, 0.05) is 26.2 Å². The Bertz CT molecular complexity index is 81.6. The normalized spacial score (nSPS) is 6.86. The van der Waals surface area contributed by atoms with Gasteiger partial charge in [0.05, 0.1) is 12.4 Å². The van der Waals surface area contributed by atoms with Gasteiger partial charge in [0.25, 0.3) is 0 Å². The van der Waals surface area contributed by atoms with Crippen molar-refractivity contribution in [2.45, 2.75) is 0 Å². The molecule has 0 unspecified atom stereocenters. The summed E-state index contributed by atoms with van der Waals surface area (Å²) < 4.78 is 0. The first kappa shape index (κ1) is 6.82. The van der Waals surface area contributed by atoms with Crippen LogP contribution in [0.25, 0.3) is 0 Å². The van der Waals surface area contributed by atoms with Crippen LogP contribution in [0.1, 0.15) is 0 Å². The summed E-state index contributed by atoms with van der Waals surface area (Å²) in [4.78, 5) is 0. The Morgan fingerprint density at radius 1 is 0.857 bits per heavy atom. The maximum Gasteiger partial charge on any atom is 0.0716 e. The van der Waals surface area contributed by atoms with E-state index in [-0.39, 0.29) is 26.2 Å². The molecule has 0 N–H and O–H groups in total. The fourth-order valence-corrected chi connectivity index (χ4v) is 0.165. The van der Waals surface area contributed by atoms with Crippen LogP contribution in [0.15, 0.2) is 12.4 Å². The second-order valence-electron chi connectivity index (χ2n) is 0.708. The molecule has 34 valence electrons. The first-order valence-corrected chi connectivity index (χ1v) is 1.45. The van der Waals surface area contributed by atoms with Crippen LogP contribution in [0.4, 0.5) is 0 Å². The summed E-state index contributed by atoms with van der Waals surface area (Å²) in [7, 11) is 0. The largest absolute Gasteiger partial charge is 0.136 e. The third kappa shape index (κ3) is 2.51. The molecule has 1 aromatic rings. The van der Waals surface area contributed by atoms with Gasteiger partial charge in [0.15, 0.2) is 0 Å². The number of nitrogens with zero attached hydrogens (tertiary/aromatic N) is 4. The third-order valence-corrected chi connectivity index (χ3v) is 0.343. The van der Waals surface area contributed by atoms with Gasteiger partial charge in [-0.05, 0) is 10.4 Å². The molecule has 4 nitrogen and oxygen atoms in total. The summed E-state index contributed by atoms with van der Waals surface area (Å²) in [5.74, 6) is 0. The molecule has 0 fully saturated rings. The van der Waals surface area contributed by atoms with Crippen molar-refractivity contribution in [3.8, 4) is 0 Å². The summed E-state index contributed by atoms with van der Waals surface area (Å²) in [5.41, 5.74) is 0. The Morgan fingerprint density at radius 3 is 1.43 bits per heavy atom. The van der Waals surface area contributed by atoms with E-state index in [1.165, 1.54) is 12.4 Å². The average Bonchev–Trinajstić information content (AvgIpc) is 1.72. The molecule has 1 rings (SSSR count). The molecule has 1 heterocycles. The monoisotopic (exact) mass is 172 g/mol. The van der Waals surface area contributed by atoms with Crippen molar-refractivity contribution in [2.24, 2.45) is 0 Å². The van der Waals surface area contributed by atoms with E-state index in [0.29, 0.717) is 0 Å². The van der Waals surface area contributed by atoms with Crippen LogP contribution in [0.3, 0.4) is 0 Å². The van der Waals surface area contributed by atoms with E-state index in [1.54, 1.807) is 0 Å². The van der Waals surface area contributed by atoms with Crippen molar-refractivity contribution in [3.05, 3.63) is 12.4 Å². The van der Waals surface area contributed by atoms with Crippen molar-refractivity contribution in [3.63, 3.8) is 0 Å². The van der Waals surface area contributed by atoms with Gasteiger partial charge in [-0.25, -0.2) is 0 Å². The van der Waals surface area contributed by atoms with Gasteiger partial charge in [-0.1, -0.05) is 0 Å². The van der Waals surface area contributed by atoms with Crippen LogP contribution in [0.5, 0.6) is 0 Å². The number of hydrogen-bond acceptors (Lipinski definition) is 4. The van der Waals surface area contributed by atoms with Crippen LogP contribution in [-0.4, -0.2) is 20.6 Å². The molecule has 0 atom stereocenters. The van der Waals surface area contributed by atoms with E-state index in [9.17, 15) is 0 Å². The molecule has 0 saturated heterocycles. The molecule has 0 aromatic carbocycles. The van der Waals surface area contributed by atoms with Crippen molar-refractivity contribution >= 4 is 0 Å². The summed E-state index contributed by atoms with van der Waals surface area (Å²) in [6, 6.07) is 0. The fraction of sp³-hybridized carbons (Fsp3) is 0. The number of aromatic nitrogens is 4. The predicted octanol–water partition coefficient (Wildman–Crippen LogP) is -0.736. The number of hydrogen-bond donors (Lipinski definition) is 0. The average molecular weight is 173 g/mol. The van der Waals surface area contributed by atoms with E-state index in [4.69, 9.17) is 0 Å². The van der Waals surface area contributed by atoms with Crippen LogP contribution in [0, 0.1) is 0 Å². The van der Waals surface area contributed by atoms with Gasteiger partial charge in [0.2, 0.25) is 0 Å². The second kappa shape index (κ2) is 3.99. The molecule has 0 aliphatic rings. The molecule has 7 heavy (non-hydrogen) atoms. The Morgan fingerprint density at radius 2 is 1.29 bits per heavy atom. The molecule has 0 aliphatic heterocycles. The van der Waals surface area contributed by atoms with Crippen LogP contribution in [-0.2, 0) is 26.2 Å². The molecule has 0 bridgehead atoms. The van der Waals surface area contributed by atoms with Gasteiger partial charge in [0.1, 0.15) is 0 Å². The summed E-state index contributed by atoms with van der Waals surface area (Å²) >= 11 is 0. The van der Waals surface area contributed by atoms with Crippen molar-refractivity contribution in [2.75, 3.05) is 0 Å². The van der Waals surface area contributed by atoms with Gasteiger partial charge in [-0.3, -0.25) is 0 Å². The number of rotatable bonds is 0. The zero-order valence-corrected chi connectivity index (χ0v) is 5.90. The van der Waals surface area contributed by atoms with E-state index in [0.717, 1.165) is 0 Å². The SMILES string of the molecule is [Zr].c1cnnnn1. The van der Waals surface area contributed by atoms with Crippen LogP contribution in [0.2, 0.25) is 0 Å². The van der Waals surface area contributed by atoms with Crippen molar-refractivity contribution in [1.82, 2.24) is 20.6 Å². The molecule has 1 aromatic heterocycles. The Balaban J connectivity index is 0.000000360. The Labute approximate surface area is 59.5 Å².